The molecule has 0 aliphatic carbocycles. The second-order valence-corrected chi connectivity index (χ2v) is 12.3. The number of carbonyl (C=O) groups excluding carboxylic acids is 2. The van der Waals surface area contributed by atoms with Crippen molar-refractivity contribution in [2.75, 3.05) is 26.2 Å². The zero-order chi connectivity index (χ0) is 26.9. The number of hydrogen-bond donors (Lipinski definition) is 0. The first-order valence-corrected chi connectivity index (χ1v) is 14.0. The fraction of sp³-hybridized carbons (Fsp3) is 0.452. The summed E-state index contributed by atoms with van der Waals surface area (Å²) in [5, 5.41) is 5.37. The van der Waals surface area contributed by atoms with Crippen LogP contribution < -0.4 is 0 Å². The number of rotatable bonds is 5. The van der Waals surface area contributed by atoms with Crippen molar-refractivity contribution in [2.45, 2.75) is 58.3 Å². The Morgan fingerprint density at radius 1 is 0.895 bits per heavy atom. The highest BCUT2D eigenvalue weighted by Gasteiger charge is 2.35. The Hall–Kier alpha value is -3.12. The Balaban J connectivity index is 1.39. The van der Waals surface area contributed by atoms with Crippen LogP contribution in [0.5, 0.6) is 0 Å². The van der Waals surface area contributed by atoms with Gasteiger partial charge in [0.15, 0.2) is 0 Å². The van der Waals surface area contributed by atoms with E-state index in [-0.39, 0.29) is 23.1 Å². The number of hydrogen-bond acceptors (Lipinski definition) is 3. The summed E-state index contributed by atoms with van der Waals surface area (Å²) in [6.45, 7) is 9.14. The summed E-state index contributed by atoms with van der Waals surface area (Å²) in [4.78, 5) is 30.7. The van der Waals surface area contributed by atoms with Gasteiger partial charge in [0.05, 0.1) is 23.1 Å². The number of halogens is 1. The first-order valence-electron chi connectivity index (χ1n) is 13.7. The van der Waals surface area contributed by atoms with Gasteiger partial charge in [-0.3, -0.25) is 9.59 Å². The zero-order valence-corrected chi connectivity index (χ0v) is 23.3. The Labute approximate surface area is 230 Å². The normalized spacial score (nSPS) is 18.7. The standard InChI is InChI=1S/C31H37ClN4O2/c1-31(2,3)19-28(37)34-16-13-23(14-17-34)29-27(20-33-36(29)26-11-9-25(32)10-12-26)30(38)35-18-15-24(21-35)22-7-5-4-6-8-22/h4-12,20,23-24H,13-19,21H2,1-3H3/t24-/m0/s1. The van der Waals surface area contributed by atoms with E-state index < -0.39 is 0 Å². The highest BCUT2D eigenvalue weighted by atomic mass is 35.5. The van der Waals surface area contributed by atoms with Crippen LogP contribution in [-0.2, 0) is 4.79 Å². The van der Waals surface area contributed by atoms with Crippen LogP contribution >= 0.6 is 11.6 Å². The van der Waals surface area contributed by atoms with E-state index in [0.717, 1.165) is 37.2 Å². The smallest absolute Gasteiger partial charge is 0.257 e. The molecule has 0 bridgehead atoms. The fourth-order valence-corrected chi connectivity index (χ4v) is 5.91. The summed E-state index contributed by atoms with van der Waals surface area (Å²) in [5.41, 5.74) is 3.76. The van der Waals surface area contributed by atoms with Gasteiger partial charge in [0.1, 0.15) is 0 Å². The van der Waals surface area contributed by atoms with E-state index in [1.54, 1.807) is 6.20 Å². The average molecular weight is 533 g/mol. The molecule has 2 aliphatic rings. The van der Waals surface area contributed by atoms with Crippen LogP contribution in [-0.4, -0.2) is 57.6 Å². The van der Waals surface area contributed by atoms with Crippen molar-refractivity contribution in [3.63, 3.8) is 0 Å². The van der Waals surface area contributed by atoms with Gasteiger partial charge in [-0.1, -0.05) is 62.7 Å². The Kier molecular flexibility index (Phi) is 7.62. The van der Waals surface area contributed by atoms with Crippen molar-refractivity contribution in [3.8, 4) is 5.69 Å². The summed E-state index contributed by atoms with van der Waals surface area (Å²) < 4.78 is 1.91. The first-order chi connectivity index (χ1) is 18.2. The van der Waals surface area contributed by atoms with Crippen molar-refractivity contribution >= 4 is 23.4 Å². The minimum Gasteiger partial charge on any atom is -0.343 e. The Morgan fingerprint density at radius 3 is 2.18 bits per heavy atom. The Bertz CT molecular complexity index is 1270. The molecule has 0 radical (unpaired) electrons. The number of nitrogens with zero attached hydrogens (tertiary/aromatic N) is 4. The number of carbonyl (C=O) groups is 2. The maximum Gasteiger partial charge on any atom is 0.257 e. The molecule has 6 nitrogen and oxygen atoms in total. The third-order valence-corrected chi connectivity index (χ3v) is 8.02. The minimum absolute atomic E-state index is 0.0337. The van der Waals surface area contributed by atoms with Crippen molar-refractivity contribution in [2.24, 2.45) is 5.41 Å². The number of benzene rings is 2. The van der Waals surface area contributed by atoms with E-state index in [1.807, 2.05) is 44.8 Å². The number of aromatic nitrogens is 2. The molecule has 0 saturated carbocycles. The summed E-state index contributed by atoms with van der Waals surface area (Å²) >= 11 is 6.16. The van der Waals surface area contributed by atoms with Crippen molar-refractivity contribution in [1.29, 1.82) is 0 Å². The molecule has 2 aromatic carbocycles. The van der Waals surface area contributed by atoms with E-state index in [9.17, 15) is 9.59 Å². The van der Waals surface area contributed by atoms with Crippen LogP contribution in [0.15, 0.2) is 60.8 Å². The van der Waals surface area contributed by atoms with E-state index in [2.05, 4.69) is 45.0 Å². The molecule has 3 heterocycles. The van der Waals surface area contributed by atoms with Gasteiger partial charge < -0.3 is 9.80 Å². The third-order valence-electron chi connectivity index (χ3n) is 7.77. The van der Waals surface area contributed by atoms with Gasteiger partial charge in [-0.2, -0.15) is 5.10 Å². The molecule has 2 aliphatic heterocycles. The highest BCUT2D eigenvalue weighted by Crippen LogP contribution is 2.35. The average Bonchev–Trinajstić information content (AvgIpc) is 3.57. The second-order valence-electron chi connectivity index (χ2n) is 11.9. The molecule has 5 rings (SSSR count). The van der Waals surface area contributed by atoms with Crippen molar-refractivity contribution in [1.82, 2.24) is 19.6 Å². The fourth-order valence-electron chi connectivity index (χ4n) is 5.78. The van der Waals surface area contributed by atoms with Crippen LogP contribution in [0, 0.1) is 5.41 Å². The molecule has 0 N–H and O–H groups in total. The zero-order valence-electron chi connectivity index (χ0n) is 22.6. The summed E-state index contributed by atoms with van der Waals surface area (Å²) in [6.07, 6.45) is 4.86. The molecular weight excluding hydrogens is 496 g/mol. The van der Waals surface area contributed by atoms with Crippen LogP contribution in [0.25, 0.3) is 5.69 Å². The second kappa shape index (κ2) is 10.9. The number of likely N-dealkylation sites (tertiary alicyclic amines) is 2. The molecule has 2 amide bonds. The van der Waals surface area contributed by atoms with Crippen LogP contribution in [0.1, 0.15) is 79.9 Å². The topological polar surface area (TPSA) is 58.4 Å². The molecule has 3 aromatic rings. The van der Waals surface area contributed by atoms with Crippen LogP contribution in [0.2, 0.25) is 5.02 Å². The van der Waals surface area contributed by atoms with E-state index >= 15 is 0 Å². The van der Waals surface area contributed by atoms with Crippen molar-refractivity contribution in [3.05, 3.63) is 82.6 Å². The van der Waals surface area contributed by atoms with Gasteiger partial charge in [-0.25, -0.2) is 4.68 Å². The lowest BCUT2D eigenvalue weighted by atomic mass is 9.88. The third kappa shape index (κ3) is 5.80. The van der Waals surface area contributed by atoms with E-state index in [0.29, 0.717) is 42.6 Å². The van der Waals surface area contributed by atoms with E-state index in [4.69, 9.17) is 16.7 Å². The molecular formula is C31H37ClN4O2. The summed E-state index contributed by atoms with van der Waals surface area (Å²) in [5.74, 6) is 0.748. The Morgan fingerprint density at radius 2 is 1.53 bits per heavy atom. The van der Waals surface area contributed by atoms with Crippen LogP contribution in [0.3, 0.4) is 0 Å². The highest BCUT2D eigenvalue weighted by molar-refractivity contribution is 6.30. The molecule has 7 heteroatoms. The van der Waals surface area contributed by atoms with Gasteiger partial charge in [-0.05, 0) is 54.5 Å². The lowest BCUT2D eigenvalue weighted by Crippen LogP contribution is -2.40. The van der Waals surface area contributed by atoms with Gasteiger partial charge in [-0.15, -0.1) is 0 Å². The molecule has 200 valence electrons. The SMILES string of the molecule is CC(C)(C)CC(=O)N1CCC(c2c(C(=O)N3CC[C@H](c4ccccc4)C3)cnn2-c2ccc(Cl)cc2)CC1. The number of piperidine rings is 1. The first kappa shape index (κ1) is 26.5. The molecule has 0 unspecified atom stereocenters. The molecule has 2 fully saturated rings. The lowest BCUT2D eigenvalue weighted by Gasteiger charge is -2.34. The molecule has 38 heavy (non-hydrogen) atoms. The quantitative estimate of drug-likeness (QED) is 0.387. The van der Waals surface area contributed by atoms with Gasteiger partial charge >= 0.3 is 0 Å². The van der Waals surface area contributed by atoms with Gasteiger partial charge in [0.25, 0.3) is 5.91 Å². The lowest BCUT2D eigenvalue weighted by molar-refractivity contribution is -0.134. The van der Waals surface area contributed by atoms with Crippen LogP contribution in [0.4, 0.5) is 0 Å². The maximum atomic E-state index is 13.9. The van der Waals surface area contributed by atoms with Crippen molar-refractivity contribution < 1.29 is 9.59 Å². The molecule has 1 aromatic heterocycles. The maximum absolute atomic E-state index is 13.9. The summed E-state index contributed by atoms with van der Waals surface area (Å²) in [7, 11) is 0. The monoisotopic (exact) mass is 532 g/mol. The summed E-state index contributed by atoms with van der Waals surface area (Å²) in [6, 6.07) is 18.0. The molecule has 0 spiro atoms. The largest absolute Gasteiger partial charge is 0.343 e. The predicted molar refractivity (Wildman–Crippen MR) is 151 cm³/mol. The number of amides is 2. The van der Waals surface area contributed by atoms with E-state index in [1.165, 1.54) is 5.56 Å². The molecule has 2 saturated heterocycles. The molecule has 1 atom stereocenters. The van der Waals surface area contributed by atoms with Gasteiger partial charge in [0, 0.05) is 49.5 Å². The van der Waals surface area contributed by atoms with Gasteiger partial charge in [0.2, 0.25) is 5.91 Å². The minimum atomic E-state index is -0.0337. The predicted octanol–water partition coefficient (Wildman–Crippen LogP) is 6.30.